The number of carbonyl (C=O) groups excluding carboxylic acids is 1. The van der Waals surface area contributed by atoms with Crippen LogP contribution in [0.25, 0.3) is 0 Å². The highest BCUT2D eigenvalue weighted by molar-refractivity contribution is 7.80. The molecule has 6 nitrogen and oxygen atoms in total. The Balaban J connectivity index is 2.69. The van der Waals surface area contributed by atoms with Crippen LogP contribution in [0.15, 0.2) is 0 Å². The number of ketones is 1. The third-order valence-corrected chi connectivity index (χ3v) is 2.82. The minimum atomic E-state index is -4.67. The highest BCUT2D eigenvalue weighted by Gasteiger charge is 2.40. The molecule has 1 N–H and O–H groups in total. The number of rotatable bonds is 4. The van der Waals surface area contributed by atoms with Gasteiger partial charge in [-0.3, -0.25) is 9.35 Å². The monoisotopic (exact) mass is 238 g/mol. The molecule has 0 aromatic carbocycles. The van der Waals surface area contributed by atoms with Crippen molar-refractivity contribution < 1.29 is 27.0 Å². The van der Waals surface area contributed by atoms with Crippen LogP contribution in [-0.2, 0) is 24.4 Å². The van der Waals surface area contributed by atoms with E-state index in [1.165, 1.54) is 6.92 Å². The Morgan fingerprint density at radius 2 is 1.80 bits per heavy atom. The fraction of sp³-hybridized carbons (Fsp3) is 0.875. The van der Waals surface area contributed by atoms with E-state index in [2.05, 4.69) is 9.22 Å². The summed E-state index contributed by atoms with van der Waals surface area (Å²) in [5, 5.41) is 0. The molecule has 88 valence electrons. The van der Waals surface area contributed by atoms with Crippen molar-refractivity contribution in [2.24, 2.45) is 0 Å². The topological polar surface area (TPSA) is 89.9 Å². The molecule has 0 spiro atoms. The van der Waals surface area contributed by atoms with Crippen molar-refractivity contribution in [2.75, 3.05) is 0 Å². The van der Waals surface area contributed by atoms with E-state index in [1.54, 1.807) is 0 Å². The van der Waals surface area contributed by atoms with Crippen LogP contribution in [0, 0.1) is 0 Å². The summed E-state index contributed by atoms with van der Waals surface area (Å²) in [6, 6.07) is 0. The van der Waals surface area contributed by atoms with Gasteiger partial charge in [0.15, 0.2) is 11.4 Å². The summed E-state index contributed by atoms with van der Waals surface area (Å²) in [5.74, 6) is -0.286. The van der Waals surface area contributed by atoms with Crippen LogP contribution in [0.5, 0.6) is 0 Å². The Morgan fingerprint density at radius 3 is 2.20 bits per heavy atom. The molecule has 0 aromatic rings. The number of Topliss-reactive ketones (excluding diaryl/α,β-unsaturated/α-hetero) is 1. The molecule has 1 saturated carbocycles. The summed E-state index contributed by atoms with van der Waals surface area (Å²) in [4.78, 5) is 16.0. The van der Waals surface area contributed by atoms with Crippen molar-refractivity contribution in [3.05, 3.63) is 0 Å². The molecule has 0 atom stereocenters. The standard InChI is InChI=1S/C8H14O6S/c1-7(9)8(5-3-2-4-6-8)13-14-15(10,11)12/h2-6H2,1H3,(H,10,11,12). The quantitative estimate of drug-likeness (QED) is 0.447. The highest BCUT2D eigenvalue weighted by Crippen LogP contribution is 2.32. The van der Waals surface area contributed by atoms with Gasteiger partial charge in [0.2, 0.25) is 0 Å². The van der Waals surface area contributed by atoms with E-state index in [0.29, 0.717) is 12.8 Å². The molecule has 0 unspecified atom stereocenters. The molecule has 0 radical (unpaired) electrons. The van der Waals surface area contributed by atoms with E-state index in [1.807, 2.05) is 0 Å². The molecule has 1 rings (SSSR count). The lowest BCUT2D eigenvalue weighted by molar-refractivity contribution is -0.288. The molecule has 0 bridgehead atoms. The molecular weight excluding hydrogens is 224 g/mol. The lowest BCUT2D eigenvalue weighted by atomic mass is 9.82. The van der Waals surface area contributed by atoms with Crippen LogP contribution >= 0.6 is 0 Å². The minimum absolute atomic E-state index is 0.286. The first-order valence-corrected chi connectivity index (χ1v) is 6.08. The fourth-order valence-corrected chi connectivity index (χ4v) is 1.94. The molecule has 15 heavy (non-hydrogen) atoms. The van der Waals surface area contributed by atoms with E-state index in [4.69, 9.17) is 4.55 Å². The fourth-order valence-electron chi connectivity index (χ4n) is 1.73. The SMILES string of the molecule is CC(=O)C1(OOS(=O)(=O)O)CCCCC1. The molecule has 1 fully saturated rings. The van der Waals surface area contributed by atoms with Gasteiger partial charge in [-0.1, -0.05) is 10.8 Å². The van der Waals surface area contributed by atoms with Crippen molar-refractivity contribution in [2.45, 2.75) is 44.6 Å². The largest absolute Gasteiger partial charge is 0.424 e. The van der Waals surface area contributed by atoms with Crippen molar-refractivity contribution in [1.29, 1.82) is 0 Å². The van der Waals surface area contributed by atoms with Crippen molar-refractivity contribution >= 4 is 16.2 Å². The Bertz CT molecular complexity index is 327. The molecular formula is C8H14O6S. The van der Waals surface area contributed by atoms with Crippen LogP contribution in [0.4, 0.5) is 0 Å². The predicted molar refractivity (Wildman–Crippen MR) is 50.2 cm³/mol. The van der Waals surface area contributed by atoms with Crippen LogP contribution in [0.1, 0.15) is 39.0 Å². The lowest BCUT2D eigenvalue weighted by Gasteiger charge is -2.32. The number of hydrogen-bond acceptors (Lipinski definition) is 5. The van der Waals surface area contributed by atoms with Crippen molar-refractivity contribution in [1.82, 2.24) is 0 Å². The molecule has 1 aliphatic rings. The molecule has 0 aromatic heterocycles. The zero-order valence-electron chi connectivity index (χ0n) is 8.43. The van der Waals surface area contributed by atoms with Gasteiger partial charge >= 0.3 is 10.4 Å². The maximum Gasteiger partial charge on any atom is 0.424 e. The summed E-state index contributed by atoms with van der Waals surface area (Å²) in [7, 11) is -4.67. The maximum absolute atomic E-state index is 11.4. The molecule has 0 aliphatic heterocycles. The Labute approximate surface area is 88.4 Å². The third-order valence-electron chi connectivity index (χ3n) is 2.58. The molecule has 0 amide bonds. The molecule has 1 aliphatic carbocycles. The van der Waals surface area contributed by atoms with Gasteiger partial charge in [0.05, 0.1) is 0 Å². The first kappa shape index (κ1) is 12.6. The van der Waals surface area contributed by atoms with Crippen LogP contribution in [0.2, 0.25) is 0 Å². The van der Waals surface area contributed by atoms with Crippen LogP contribution in [-0.4, -0.2) is 24.4 Å². The second-order valence-corrected chi connectivity index (χ2v) is 4.68. The van der Waals surface area contributed by atoms with Crippen LogP contribution < -0.4 is 0 Å². The average molecular weight is 238 g/mol. The van der Waals surface area contributed by atoms with Gasteiger partial charge in [-0.15, -0.1) is 0 Å². The van der Waals surface area contributed by atoms with Gasteiger partial charge in [0, 0.05) is 0 Å². The summed E-state index contributed by atoms with van der Waals surface area (Å²) in [6.07, 6.45) is 3.35. The van der Waals surface area contributed by atoms with E-state index >= 15 is 0 Å². The minimum Gasteiger partial charge on any atom is -0.297 e. The van der Waals surface area contributed by atoms with Gasteiger partial charge in [0.1, 0.15) is 0 Å². The first-order valence-electron chi connectivity index (χ1n) is 4.71. The zero-order valence-corrected chi connectivity index (χ0v) is 9.25. The first-order chi connectivity index (χ1) is 6.86. The van der Waals surface area contributed by atoms with E-state index in [9.17, 15) is 13.2 Å². The highest BCUT2D eigenvalue weighted by atomic mass is 32.3. The summed E-state index contributed by atoms with van der Waals surface area (Å²) < 4.78 is 32.9. The summed E-state index contributed by atoms with van der Waals surface area (Å²) in [5.41, 5.74) is -1.21. The van der Waals surface area contributed by atoms with Gasteiger partial charge in [-0.05, 0) is 32.6 Å². The van der Waals surface area contributed by atoms with Gasteiger partial charge in [0.25, 0.3) is 0 Å². The van der Waals surface area contributed by atoms with Gasteiger partial charge < -0.3 is 0 Å². The van der Waals surface area contributed by atoms with Crippen molar-refractivity contribution in [3.8, 4) is 0 Å². The van der Waals surface area contributed by atoms with E-state index < -0.39 is 16.0 Å². The Morgan fingerprint density at radius 1 is 1.27 bits per heavy atom. The Hall–Kier alpha value is -0.500. The molecule has 0 heterocycles. The zero-order chi connectivity index (χ0) is 11.5. The second-order valence-electron chi connectivity index (χ2n) is 3.69. The smallest absolute Gasteiger partial charge is 0.297 e. The predicted octanol–water partition coefficient (Wildman–Crippen LogP) is 1.03. The summed E-state index contributed by atoms with van der Waals surface area (Å²) in [6.45, 7) is 1.32. The van der Waals surface area contributed by atoms with E-state index in [0.717, 1.165) is 19.3 Å². The van der Waals surface area contributed by atoms with Gasteiger partial charge in [-0.25, -0.2) is 4.89 Å². The average Bonchev–Trinajstić information content (AvgIpc) is 2.15. The lowest BCUT2D eigenvalue weighted by Crippen LogP contribution is -2.42. The molecule has 0 saturated heterocycles. The van der Waals surface area contributed by atoms with Crippen LogP contribution in [0.3, 0.4) is 0 Å². The summed E-state index contributed by atoms with van der Waals surface area (Å²) >= 11 is 0. The van der Waals surface area contributed by atoms with Gasteiger partial charge in [-0.2, -0.15) is 8.42 Å². The van der Waals surface area contributed by atoms with Crippen molar-refractivity contribution in [3.63, 3.8) is 0 Å². The third kappa shape index (κ3) is 3.53. The number of carbonyl (C=O) groups is 1. The van der Waals surface area contributed by atoms with E-state index in [-0.39, 0.29) is 5.78 Å². The second kappa shape index (κ2) is 4.56. The number of hydrogen-bond donors (Lipinski definition) is 1. The maximum atomic E-state index is 11.4. The normalized spacial score (nSPS) is 21.2. The Kier molecular flexibility index (Phi) is 3.82. The molecule has 7 heteroatoms.